The average Bonchev–Trinajstić information content (AvgIpc) is 2.83. The number of aromatic nitrogens is 1. The first-order valence-corrected chi connectivity index (χ1v) is 7.58. The molecule has 0 aliphatic carbocycles. The lowest BCUT2D eigenvalue weighted by Gasteiger charge is -2.06. The summed E-state index contributed by atoms with van der Waals surface area (Å²) in [5.41, 5.74) is 6.75. The van der Waals surface area contributed by atoms with Crippen molar-refractivity contribution in [2.45, 2.75) is 4.90 Å². The van der Waals surface area contributed by atoms with Gasteiger partial charge in [0.15, 0.2) is 0 Å². The molecule has 7 nitrogen and oxygen atoms in total. The number of rotatable bonds is 4. The summed E-state index contributed by atoms with van der Waals surface area (Å²) in [5, 5.41) is 2.45. The van der Waals surface area contributed by atoms with Crippen molar-refractivity contribution in [2.24, 2.45) is 7.05 Å². The molecule has 2 aromatic rings. The standard InChI is InChI=1S/C13H16N4O3S/c1-15-13(18)12-7-11(8-17(12)2)21(19,20)16-10-5-3-9(14)4-6-10/h3-8,16H,14H2,1-2H3,(H,15,18). The fourth-order valence-corrected chi connectivity index (χ4v) is 2.93. The van der Waals surface area contributed by atoms with Gasteiger partial charge in [-0.25, -0.2) is 8.42 Å². The van der Waals surface area contributed by atoms with Crippen molar-refractivity contribution in [2.75, 3.05) is 17.5 Å². The van der Waals surface area contributed by atoms with E-state index in [4.69, 9.17) is 5.73 Å². The van der Waals surface area contributed by atoms with Crippen molar-refractivity contribution in [3.63, 3.8) is 0 Å². The van der Waals surface area contributed by atoms with Gasteiger partial charge < -0.3 is 15.6 Å². The molecule has 8 heteroatoms. The number of carbonyl (C=O) groups is 1. The van der Waals surface area contributed by atoms with Crippen LogP contribution >= 0.6 is 0 Å². The Kier molecular flexibility index (Phi) is 3.90. The molecule has 112 valence electrons. The van der Waals surface area contributed by atoms with Crippen molar-refractivity contribution in [1.82, 2.24) is 9.88 Å². The number of carbonyl (C=O) groups excluding carboxylic acids is 1. The van der Waals surface area contributed by atoms with Crippen molar-refractivity contribution >= 4 is 27.3 Å². The van der Waals surface area contributed by atoms with E-state index >= 15 is 0 Å². The summed E-state index contributed by atoms with van der Waals surface area (Å²) in [6.07, 6.45) is 1.38. The van der Waals surface area contributed by atoms with Gasteiger partial charge in [-0.2, -0.15) is 0 Å². The minimum absolute atomic E-state index is 0.0143. The van der Waals surface area contributed by atoms with Gasteiger partial charge in [0.1, 0.15) is 10.6 Å². The molecule has 1 aromatic heterocycles. The summed E-state index contributed by atoms with van der Waals surface area (Å²) in [7, 11) is -0.675. The number of anilines is 2. The Morgan fingerprint density at radius 1 is 1.24 bits per heavy atom. The number of nitrogens with one attached hydrogen (secondary N) is 2. The van der Waals surface area contributed by atoms with E-state index in [0.717, 1.165) is 0 Å². The van der Waals surface area contributed by atoms with Gasteiger partial charge in [-0.15, -0.1) is 0 Å². The van der Waals surface area contributed by atoms with E-state index < -0.39 is 10.0 Å². The number of nitrogen functional groups attached to an aromatic ring is 1. The van der Waals surface area contributed by atoms with Crippen LogP contribution in [0.4, 0.5) is 11.4 Å². The lowest BCUT2D eigenvalue weighted by Crippen LogP contribution is -2.20. The second-order valence-electron chi connectivity index (χ2n) is 4.48. The van der Waals surface area contributed by atoms with Gasteiger partial charge in [-0.05, 0) is 30.3 Å². The van der Waals surface area contributed by atoms with Gasteiger partial charge in [0.2, 0.25) is 0 Å². The van der Waals surface area contributed by atoms with Crippen LogP contribution in [-0.4, -0.2) is 25.9 Å². The first-order valence-electron chi connectivity index (χ1n) is 6.10. The molecule has 0 saturated carbocycles. The summed E-state index contributed by atoms with van der Waals surface area (Å²) in [6, 6.07) is 7.64. The summed E-state index contributed by atoms with van der Waals surface area (Å²) >= 11 is 0. The molecule has 0 fully saturated rings. The molecule has 2 rings (SSSR count). The maximum Gasteiger partial charge on any atom is 0.267 e. The molecule has 21 heavy (non-hydrogen) atoms. The van der Waals surface area contributed by atoms with Crippen molar-refractivity contribution in [1.29, 1.82) is 0 Å². The number of benzene rings is 1. The van der Waals surface area contributed by atoms with Crippen LogP contribution in [0.25, 0.3) is 0 Å². The normalized spacial score (nSPS) is 11.1. The zero-order valence-electron chi connectivity index (χ0n) is 11.6. The monoisotopic (exact) mass is 308 g/mol. The maximum atomic E-state index is 12.3. The Labute approximate surface area is 122 Å². The summed E-state index contributed by atoms with van der Waals surface area (Å²) in [6.45, 7) is 0. The van der Waals surface area contributed by atoms with Crippen LogP contribution in [-0.2, 0) is 17.1 Å². The second-order valence-corrected chi connectivity index (χ2v) is 6.16. The van der Waals surface area contributed by atoms with Crippen LogP contribution in [0.3, 0.4) is 0 Å². The van der Waals surface area contributed by atoms with Crippen LogP contribution < -0.4 is 15.8 Å². The molecule has 1 aromatic carbocycles. The van der Waals surface area contributed by atoms with Gasteiger partial charge >= 0.3 is 0 Å². The van der Waals surface area contributed by atoms with E-state index in [9.17, 15) is 13.2 Å². The number of nitrogens with two attached hydrogens (primary N) is 1. The van der Waals surface area contributed by atoms with Crippen LogP contribution in [0.1, 0.15) is 10.5 Å². The molecule has 0 radical (unpaired) electrons. The number of nitrogens with zero attached hydrogens (tertiary/aromatic N) is 1. The van der Waals surface area contributed by atoms with Gasteiger partial charge in [-0.1, -0.05) is 0 Å². The first kappa shape index (κ1) is 14.9. The predicted octanol–water partition coefficient (Wildman–Crippen LogP) is 0.768. The number of hydrogen-bond acceptors (Lipinski definition) is 4. The Balaban J connectivity index is 2.31. The molecule has 0 atom stereocenters. The van der Waals surface area contributed by atoms with E-state index in [1.807, 2.05) is 0 Å². The largest absolute Gasteiger partial charge is 0.399 e. The number of amides is 1. The highest BCUT2D eigenvalue weighted by atomic mass is 32.2. The zero-order chi connectivity index (χ0) is 15.6. The molecule has 0 saturated heterocycles. The molecule has 0 spiro atoms. The van der Waals surface area contributed by atoms with E-state index in [0.29, 0.717) is 11.4 Å². The number of sulfonamides is 1. The fourth-order valence-electron chi connectivity index (χ4n) is 1.80. The second kappa shape index (κ2) is 5.49. The minimum atomic E-state index is -3.76. The third-order valence-electron chi connectivity index (χ3n) is 2.91. The molecule has 0 aliphatic heterocycles. The van der Waals surface area contributed by atoms with E-state index in [-0.39, 0.29) is 16.5 Å². The third-order valence-corrected chi connectivity index (χ3v) is 4.26. The van der Waals surface area contributed by atoms with Crippen LogP contribution in [0.2, 0.25) is 0 Å². The van der Waals surface area contributed by atoms with Gasteiger partial charge in [0.05, 0.1) is 0 Å². The molecule has 0 aliphatic rings. The predicted molar refractivity (Wildman–Crippen MR) is 80.5 cm³/mol. The lowest BCUT2D eigenvalue weighted by atomic mass is 10.3. The van der Waals surface area contributed by atoms with Gasteiger partial charge in [-0.3, -0.25) is 9.52 Å². The minimum Gasteiger partial charge on any atom is -0.399 e. The molecule has 0 bridgehead atoms. The Bertz CT molecular complexity index is 763. The lowest BCUT2D eigenvalue weighted by molar-refractivity contribution is 0.0955. The fraction of sp³-hybridized carbons (Fsp3) is 0.154. The van der Waals surface area contributed by atoms with Crippen molar-refractivity contribution in [3.05, 3.63) is 42.2 Å². The zero-order valence-corrected chi connectivity index (χ0v) is 12.4. The van der Waals surface area contributed by atoms with Crippen LogP contribution in [0, 0.1) is 0 Å². The summed E-state index contributed by atoms with van der Waals surface area (Å²) < 4.78 is 28.4. The van der Waals surface area contributed by atoms with E-state index in [2.05, 4.69) is 10.0 Å². The first-order chi connectivity index (χ1) is 9.83. The molecule has 0 unspecified atom stereocenters. The smallest absolute Gasteiger partial charge is 0.267 e. The summed E-state index contributed by atoms with van der Waals surface area (Å²) in [5.74, 6) is -0.355. The van der Waals surface area contributed by atoms with Crippen molar-refractivity contribution in [3.8, 4) is 0 Å². The Hall–Kier alpha value is -2.48. The number of aryl methyl sites for hydroxylation is 1. The topological polar surface area (TPSA) is 106 Å². The summed E-state index contributed by atoms with van der Waals surface area (Å²) in [4.78, 5) is 11.6. The number of hydrogen-bond donors (Lipinski definition) is 3. The highest BCUT2D eigenvalue weighted by Gasteiger charge is 2.20. The molecular weight excluding hydrogens is 292 g/mol. The van der Waals surface area contributed by atoms with Gasteiger partial charge in [0.25, 0.3) is 15.9 Å². The third kappa shape index (κ3) is 3.16. The van der Waals surface area contributed by atoms with Crippen LogP contribution in [0.5, 0.6) is 0 Å². The Morgan fingerprint density at radius 3 is 2.43 bits per heavy atom. The van der Waals surface area contributed by atoms with Crippen LogP contribution in [0.15, 0.2) is 41.4 Å². The van der Waals surface area contributed by atoms with E-state index in [1.54, 1.807) is 31.3 Å². The highest BCUT2D eigenvalue weighted by Crippen LogP contribution is 2.19. The maximum absolute atomic E-state index is 12.3. The highest BCUT2D eigenvalue weighted by molar-refractivity contribution is 7.92. The molecule has 4 N–H and O–H groups in total. The molecule has 1 heterocycles. The average molecular weight is 308 g/mol. The van der Waals surface area contributed by atoms with Gasteiger partial charge in [0, 0.05) is 31.7 Å². The van der Waals surface area contributed by atoms with E-state index in [1.165, 1.54) is 23.9 Å². The molecular formula is C13H16N4O3S. The SMILES string of the molecule is CNC(=O)c1cc(S(=O)(=O)Nc2ccc(N)cc2)cn1C. The Morgan fingerprint density at radius 2 is 1.86 bits per heavy atom. The quantitative estimate of drug-likeness (QED) is 0.725. The molecule has 1 amide bonds. The van der Waals surface area contributed by atoms with Crippen molar-refractivity contribution < 1.29 is 13.2 Å².